The highest BCUT2D eigenvalue weighted by atomic mass is 79.9. The van der Waals surface area contributed by atoms with E-state index in [4.69, 9.17) is 0 Å². The van der Waals surface area contributed by atoms with Crippen molar-refractivity contribution in [1.82, 2.24) is 0 Å². The molecule has 0 N–H and O–H groups in total. The second-order valence-electron chi connectivity index (χ2n) is 2.91. The number of nitro benzene ring substituents is 1. The van der Waals surface area contributed by atoms with Crippen LogP contribution in [0.1, 0.15) is 17.6 Å². The highest BCUT2D eigenvalue weighted by Crippen LogP contribution is 2.43. The third kappa shape index (κ3) is 2.71. The number of rotatable bonds is 2. The van der Waals surface area contributed by atoms with Crippen molar-refractivity contribution in [2.75, 3.05) is 0 Å². The standard InChI is InChI=1S/C8H3BrF5NO2/c9-4-2-1-3(8(12,13)14)5(7(10)11)6(4)15(16)17/h1-2,7H. The van der Waals surface area contributed by atoms with Gasteiger partial charge in [0.05, 0.1) is 15.0 Å². The second kappa shape index (κ2) is 4.55. The van der Waals surface area contributed by atoms with E-state index < -0.39 is 38.8 Å². The van der Waals surface area contributed by atoms with Crippen LogP contribution < -0.4 is 0 Å². The molecule has 0 aromatic heterocycles. The quantitative estimate of drug-likeness (QED) is 0.463. The van der Waals surface area contributed by atoms with Gasteiger partial charge in [0.15, 0.2) is 0 Å². The van der Waals surface area contributed by atoms with E-state index in [1.165, 1.54) is 0 Å². The summed E-state index contributed by atoms with van der Waals surface area (Å²) in [5.74, 6) is 0. The number of nitrogens with zero attached hydrogens (tertiary/aromatic N) is 1. The van der Waals surface area contributed by atoms with E-state index in [2.05, 4.69) is 15.9 Å². The van der Waals surface area contributed by atoms with Crippen molar-refractivity contribution in [3.05, 3.63) is 37.8 Å². The van der Waals surface area contributed by atoms with Crippen LogP contribution >= 0.6 is 15.9 Å². The fourth-order valence-corrected chi connectivity index (χ4v) is 1.73. The van der Waals surface area contributed by atoms with Crippen molar-refractivity contribution in [3.8, 4) is 0 Å². The highest BCUT2D eigenvalue weighted by molar-refractivity contribution is 9.10. The molecule has 0 fully saturated rings. The zero-order valence-corrected chi connectivity index (χ0v) is 9.35. The van der Waals surface area contributed by atoms with E-state index in [1.54, 1.807) is 0 Å². The molecule has 9 heteroatoms. The molecular formula is C8H3BrF5NO2. The molecule has 0 aliphatic heterocycles. The predicted molar refractivity (Wildman–Crippen MR) is 50.8 cm³/mol. The first-order valence-electron chi connectivity index (χ1n) is 3.98. The minimum Gasteiger partial charge on any atom is -0.258 e. The normalized spacial score (nSPS) is 11.9. The number of alkyl halides is 5. The minimum atomic E-state index is -5.07. The molecule has 1 aromatic rings. The van der Waals surface area contributed by atoms with E-state index in [1.807, 2.05) is 0 Å². The lowest BCUT2D eigenvalue weighted by Gasteiger charge is -2.13. The molecule has 0 aliphatic carbocycles. The highest BCUT2D eigenvalue weighted by Gasteiger charge is 2.40. The Morgan fingerprint density at radius 3 is 2.18 bits per heavy atom. The largest absolute Gasteiger partial charge is 0.417 e. The first kappa shape index (κ1) is 13.8. The molecule has 1 aromatic carbocycles. The van der Waals surface area contributed by atoms with E-state index in [-0.39, 0.29) is 0 Å². The molecule has 0 amide bonds. The van der Waals surface area contributed by atoms with Gasteiger partial charge in [-0.05, 0) is 28.1 Å². The molecule has 0 saturated carbocycles. The summed E-state index contributed by atoms with van der Waals surface area (Å²) in [5, 5.41) is 10.5. The maximum atomic E-state index is 12.5. The van der Waals surface area contributed by atoms with Crippen LogP contribution in [0.5, 0.6) is 0 Å². The lowest BCUT2D eigenvalue weighted by molar-refractivity contribution is -0.387. The topological polar surface area (TPSA) is 43.1 Å². The molecular weight excluding hydrogens is 317 g/mol. The van der Waals surface area contributed by atoms with Gasteiger partial charge >= 0.3 is 6.18 Å². The van der Waals surface area contributed by atoms with Gasteiger partial charge < -0.3 is 0 Å². The molecule has 1 rings (SSSR count). The van der Waals surface area contributed by atoms with Gasteiger partial charge in [-0.2, -0.15) is 13.2 Å². The average molecular weight is 320 g/mol. The zero-order valence-electron chi connectivity index (χ0n) is 7.76. The van der Waals surface area contributed by atoms with Crippen LogP contribution in [0.2, 0.25) is 0 Å². The van der Waals surface area contributed by atoms with Gasteiger partial charge in [0.25, 0.3) is 12.1 Å². The van der Waals surface area contributed by atoms with Crippen LogP contribution in [-0.2, 0) is 6.18 Å². The summed E-state index contributed by atoms with van der Waals surface area (Å²) >= 11 is 2.57. The van der Waals surface area contributed by atoms with Gasteiger partial charge in [-0.25, -0.2) is 8.78 Å². The number of benzene rings is 1. The Bertz CT molecular complexity index is 460. The van der Waals surface area contributed by atoms with Crippen LogP contribution in [-0.4, -0.2) is 4.92 Å². The monoisotopic (exact) mass is 319 g/mol. The van der Waals surface area contributed by atoms with Crippen molar-refractivity contribution in [2.45, 2.75) is 12.6 Å². The molecule has 0 radical (unpaired) electrons. The summed E-state index contributed by atoms with van der Waals surface area (Å²) in [6.07, 6.45) is -8.67. The molecule has 0 bridgehead atoms. The molecule has 3 nitrogen and oxygen atoms in total. The fraction of sp³-hybridized carbons (Fsp3) is 0.250. The Labute approximate surface area is 99.5 Å². The Morgan fingerprint density at radius 1 is 1.29 bits per heavy atom. The third-order valence-corrected chi connectivity index (χ3v) is 2.51. The molecule has 0 atom stereocenters. The molecule has 0 aliphatic rings. The van der Waals surface area contributed by atoms with Crippen LogP contribution in [0, 0.1) is 10.1 Å². The lowest BCUT2D eigenvalue weighted by atomic mass is 10.1. The number of hydrogen-bond acceptors (Lipinski definition) is 2. The molecule has 0 saturated heterocycles. The van der Waals surface area contributed by atoms with Crippen molar-refractivity contribution in [1.29, 1.82) is 0 Å². The molecule has 0 unspecified atom stereocenters. The van der Waals surface area contributed by atoms with Gasteiger partial charge in [0.2, 0.25) is 0 Å². The number of nitro groups is 1. The SMILES string of the molecule is O=[N+]([O-])c1c(Br)ccc(C(F)(F)F)c1C(F)F. The summed E-state index contributed by atoms with van der Waals surface area (Å²) < 4.78 is 61.9. The van der Waals surface area contributed by atoms with E-state index in [9.17, 15) is 32.1 Å². The minimum absolute atomic E-state index is 0.374. The Balaban J connectivity index is 3.65. The van der Waals surface area contributed by atoms with Crippen molar-refractivity contribution in [2.24, 2.45) is 0 Å². The van der Waals surface area contributed by atoms with Crippen molar-refractivity contribution >= 4 is 21.6 Å². The summed E-state index contributed by atoms with van der Waals surface area (Å²) in [4.78, 5) is 9.22. The summed E-state index contributed by atoms with van der Waals surface area (Å²) in [7, 11) is 0. The molecule has 94 valence electrons. The van der Waals surface area contributed by atoms with Gasteiger partial charge in [0.1, 0.15) is 5.56 Å². The Morgan fingerprint density at radius 2 is 1.82 bits per heavy atom. The maximum absolute atomic E-state index is 12.5. The number of halogens is 6. The third-order valence-electron chi connectivity index (χ3n) is 1.87. The van der Waals surface area contributed by atoms with Crippen LogP contribution in [0.25, 0.3) is 0 Å². The Hall–Kier alpha value is -1.25. The Kier molecular flexibility index (Phi) is 3.70. The van der Waals surface area contributed by atoms with Crippen molar-refractivity contribution in [3.63, 3.8) is 0 Å². The van der Waals surface area contributed by atoms with Crippen LogP contribution in [0.15, 0.2) is 16.6 Å². The average Bonchev–Trinajstić information content (AvgIpc) is 2.14. The smallest absolute Gasteiger partial charge is 0.258 e. The molecule has 0 spiro atoms. The van der Waals surface area contributed by atoms with E-state index in [0.29, 0.717) is 12.1 Å². The first-order valence-corrected chi connectivity index (χ1v) is 4.77. The zero-order chi connectivity index (χ0) is 13.4. The molecule has 0 heterocycles. The van der Waals surface area contributed by atoms with Gasteiger partial charge in [0, 0.05) is 0 Å². The summed E-state index contributed by atoms with van der Waals surface area (Å²) in [5.41, 5.74) is -4.60. The van der Waals surface area contributed by atoms with Crippen LogP contribution in [0.4, 0.5) is 27.6 Å². The van der Waals surface area contributed by atoms with Crippen molar-refractivity contribution < 1.29 is 26.9 Å². The maximum Gasteiger partial charge on any atom is 0.417 e. The molecule has 17 heavy (non-hydrogen) atoms. The lowest BCUT2D eigenvalue weighted by Crippen LogP contribution is -2.12. The second-order valence-corrected chi connectivity index (χ2v) is 3.77. The van der Waals surface area contributed by atoms with E-state index in [0.717, 1.165) is 0 Å². The van der Waals surface area contributed by atoms with E-state index >= 15 is 0 Å². The van der Waals surface area contributed by atoms with Gasteiger partial charge in [-0.1, -0.05) is 0 Å². The van der Waals surface area contributed by atoms with Crippen LogP contribution in [0.3, 0.4) is 0 Å². The first-order chi connectivity index (χ1) is 7.66. The summed E-state index contributed by atoms with van der Waals surface area (Å²) in [6.45, 7) is 0. The number of hydrogen-bond donors (Lipinski definition) is 0. The fourth-order valence-electron chi connectivity index (χ4n) is 1.24. The van der Waals surface area contributed by atoms with Gasteiger partial charge in [-0.3, -0.25) is 10.1 Å². The van der Waals surface area contributed by atoms with Gasteiger partial charge in [-0.15, -0.1) is 0 Å². The summed E-state index contributed by atoms with van der Waals surface area (Å²) in [6, 6.07) is 1.09. The predicted octanol–water partition coefficient (Wildman–Crippen LogP) is 4.31.